The van der Waals surface area contributed by atoms with E-state index >= 15 is 0 Å². The van der Waals surface area contributed by atoms with Crippen molar-refractivity contribution in [1.82, 2.24) is 5.16 Å². The number of hydrogen-bond acceptors (Lipinski definition) is 6. The maximum absolute atomic E-state index is 11.2. The lowest BCUT2D eigenvalue weighted by Gasteiger charge is -2.09. The van der Waals surface area contributed by atoms with Crippen molar-refractivity contribution in [1.29, 1.82) is 0 Å². The Bertz CT molecular complexity index is 617. The lowest BCUT2D eigenvalue weighted by Crippen LogP contribution is -2.06. The Morgan fingerprint density at radius 1 is 1.35 bits per heavy atom. The van der Waals surface area contributed by atoms with Gasteiger partial charge < -0.3 is 15.2 Å². The Kier molecular flexibility index (Phi) is 3.88. The highest BCUT2D eigenvalue weighted by atomic mass is 16.6. The molecule has 0 amide bonds. The Balaban J connectivity index is 2.28. The maximum atomic E-state index is 11.2. The van der Waals surface area contributed by atoms with E-state index in [0.29, 0.717) is 23.7 Å². The van der Waals surface area contributed by atoms with E-state index in [1.807, 2.05) is 13.8 Å². The second kappa shape index (κ2) is 5.60. The minimum absolute atomic E-state index is 0.0294. The highest BCUT2D eigenvalue weighted by Gasteiger charge is 2.19. The molecule has 1 aromatic heterocycles. The third-order valence-electron chi connectivity index (χ3n) is 3.12. The molecule has 0 fully saturated rings. The van der Waals surface area contributed by atoms with Gasteiger partial charge in [0.15, 0.2) is 0 Å². The summed E-state index contributed by atoms with van der Waals surface area (Å²) in [6.45, 7) is 4.08. The van der Waals surface area contributed by atoms with Crippen LogP contribution in [0.2, 0.25) is 0 Å². The van der Waals surface area contributed by atoms with E-state index in [-0.39, 0.29) is 5.69 Å². The molecular formula is C13H16N4O3. The summed E-state index contributed by atoms with van der Waals surface area (Å²) in [6, 6.07) is 5.10. The highest BCUT2D eigenvalue weighted by molar-refractivity contribution is 5.76. The van der Waals surface area contributed by atoms with Crippen LogP contribution in [0, 0.1) is 24.0 Å². The fourth-order valence-electron chi connectivity index (χ4n) is 2.02. The predicted molar refractivity (Wildman–Crippen MR) is 75.9 cm³/mol. The third kappa shape index (κ3) is 2.56. The summed E-state index contributed by atoms with van der Waals surface area (Å²) in [6.07, 6.45) is 0. The first-order valence-electron chi connectivity index (χ1n) is 6.15. The number of aryl methyl sites for hydroxylation is 2. The first-order chi connectivity index (χ1) is 9.54. The zero-order chi connectivity index (χ0) is 14.7. The van der Waals surface area contributed by atoms with E-state index in [1.54, 1.807) is 25.2 Å². The highest BCUT2D eigenvalue weighted by Crippen LogP contribution is 2.32. The largest absolute Gasteiger partial charge is 0.382 e. The third-order valence-corrected chi connectivity index (χ3v) is 3.12. The van der Waals surface area contributed by atoms with Gasteiger partial charge in [0, 0.05) is 19.2 Å². The smallest absolute Gasteiger partial charge is 0.315 e. The van der Waals surface area contributed by atoms with Gasteiger partial charge in [-0.3, -0.25) is 10.1 Å². The number of anilines is 2. The summed E-state index contributed by atoms with van der Waals surface area (Å²) in [7, 11) is 1.65. The fraction of sp³-hybridized carbons (Fsp3) is 0.308. The predicted octanol–water partition coefficient (Wildman–Crippen LogP) is 2.85. The molecule has 0 saturated carbocycles. The van der Waals surface area contributed by atoms with E-state index in [1.165, 1.54) is 0 Å². The molecule has 106 valence electrons. The van der Waals surface area contributed by atoms with Crippen LogP contribution >= 0.6 is 0 Å². The van der Waals surface area contributed by atoms with E-state index in [4.69, 9.17) is 4.52 Å². The van der Waals surface area contributed by atoms with E-state index in [0.717, 1.165) is 11.3 Å². The molecule has 2 aromatic rings. The molecule has 2 rings (SSSR count). The van der Waals surface area contributed by atoms with Gasteiger partial charge in [-0.1, -0.05) is 11.2 Å². The minimum atomic E-state index is -0.401. The molecule has 20 heavy (non-hydrogen) atoms. The van der Waals surface area contributed by atoms with Gasteiger partial charge in [0.2, 0.25) is 0 Å². The van der Waals surface area contributed by atoms with Crippen LogP contribution in [0.1, 0.15) is 17.0 Å². The topological polar surface area (TPSA) is 93.2 Å². The van der Waals surface area contributed by atoms with Crippen molar-refractivity contribution in [2.75, 3.05) is 17.7 Å². The summed E-state index contributed by atoms with van der Waals surface area (Å²) in [4.78, 5) is 10.8. The van der Waals surface area contributed by atoms with Gasteiger partial charge in [0.1, 0.15) is 17.1 Å². The SMILES string of the molecule is CNc1cccc(NCc2c(C)noc2C)c1[N+](=O)[O-]. The molecule has 0 aliphatic heterocycles. The summed E-state index contributed by atoms with van der Waals surface area (Å²) in [5.74, 6) is 0.711. The van der Waals surface area contributed by atoms with Crippen molar-refractivity contribution in [3.63, 3.8) is 0 Å². The van der Waals surface area contributed by atoms with Crippen LogP contribution in [-0.2, 0) is 6.54 Å². The number of benzene rings is 1. The van der Waals surface area contributed by atoms with Gasteiger partial charge in [0.05, 0.1) is 10.6 Å². The molecule has 0 unspecified atom stereocenters. The Morgan fingerprint density at radius 2 is 2.05 bits per heavy atom. The Labute approximate surface area is 116 Å². The molecule has 1 heterocycles. The Morgan fingerprint density at radius 3 is 2.60 bits per heavy atom. The molecule has 7 heteroatoms. The molecule has 7 nitrogen and oxygen atoms in total. The van der Waals surface area contributed by atoms with Gasteiger partial charge >= 0.3 is 5.69 Å². The summed E-state index contributed by atoms with van der Waals surface area (Å²) in [5.41, 5.74) is 2.65. The number of nitro benzene ring substituents is 1. The number of rotatable bonds is 5. The quantitative estimate of drug-likeness (QED) is 0.644. The zero-order valence-electron chi connectivity index (χ0n) is 11.6. The lowest BCUT2D eigenvalue weighted by molar-refractivity contribution is -0.383. The fourth-order valence-corrected chi connectivity index (χ4v) is 2.02. The number of para-hydroxylation sites is 1. The van der Waals surface area contributed by atoms with Crippen molar-refractivity contribution in [2.24, 2.45) is 0 Å². The normalized spacial score (nSPS) is 10.3. The average Bonchev–Trinajstić information content (AvgIpc) is 2.75. The summed E-state index contributed by atoms with van der Waals surface area (Å²) >= 11 is 0. The Hall–Kier alpha value is -2.57. The van der Waals surface area contributed by atoms with Gasteiger partial charge in [-0.15, -0.1) is 0 Å². The number of nitrogens with zero attached hydrogens (tertiary/aromatic N) is 2. The van der Waals surface area contributed by atoms with Gasteiger partial charge in [0.25, 0.3) is 0 Å². The van der Waals surface area contributed by atoms with Crippen LogP contribution in [0.5, 0.6) is 0 Å². The van der Waals surface area contributed by atoms with Crippen LogP contribution in [0.3, 0.4) is 0 Å². The van der Waals surface area contributed by atoms with Crippen LogP contribution in [0.25, 0.3) is 0 Å². The number of nitro groups is 1. The van der Waals surface area contributed by atoms with Crippen molar-refractivity contribution >= 4 is 17.1 Å². The first-order valence-corrected chi connectivity index (χ1v) is 6.15. The number of nitrogens with one attached hydrogen (secondary N) is 2. The molecule has 0 aliphatic carbocycles. The van der Waals surface area contributed by atoms with E-state index in [2.05, 4.69) is 15.8 Å². The standard InChI is InChI=1S/C13H16N4O3/c1-8-10(9(2)20-16-8)7-15-12-6-4-5-11(14-3)13(12)17(18)19/h4-6,14-15H,7H2,1-3H3. The van der Waals surface area contributed by atoms with Crippen LogP contribution in [0.4, 0.5) is 17.1 Å². The molecule has 0 radical (unpaired) electrons. The second-order valence-electron chi connectivity index (χ2n) is 4.37. The van der Waals surface area contributed by atoms with Crippen molar-refractivity contribution in [2.45, 2.75) is 20.4 Å². The van der Waals surface area contributed by atoms with Crippen LogP contribution in [-0.4, -0.2) is 17.1 Å². The molecule has 1 aromatic carbocycles. The molecule has 0 saturated heterocycles. The number of aromatic nitrogens is 1. The van der Waals surface area contributed by atoms with Crippen LogP contribution < -0.4 is 10.6 Å². The zero-order valence-corrected chi connectivity index (χ0v) is 11.6. The van der Waals surface area contributed by atoms with Crippen molar-refractivity contribution in [3.05, 3.63) is 45.3 Å². The second-order valence-corrected chi connectivity index (χ2v) is 4.37. The lowest BCUT2D eigenvalue weighted by atomic mass is 10.2. The van der Waals surface area contributed by atoms with Crippen LogP contribution in [0.15, 0.2) is 22.7 Å². The summed E-state index contributed by atoms with van der Waals surface area (Å²) in [5, 5.41) is 20.9. The molecular weight excluding hydrogens is 260 g/mol. The van der Waals surface area contributed by atoms with E-state index < -0.39 is 4.92 Å². The molecule has 0 atom stereocenters. The minimum Gasteiger partial charge on any atom is -0.382 e. The molecule has 0 aliphatic rings. The maximum Gasteiger partial charge on any atom is 0.315 e. The molecule has 0 bridgehead atoms. The van der Waals surface area contributed by atoms with Gasteiger partial charge in [-0.25, -0.2) is 0 Å². The molecule has 0 spiro atoms. The monoisotopic (exact) mass is 276 g/mol. The van der Waals surface area contributed by atoms with Crippen molar-refractivity contribution in [3.8, 4) is 0 Å². The number of hydrogen-bond donors (Lipinski definition) is 2. The van der Waals surface area contributed by atoms with Crippen molar-refractivity contribution < 1.29 is 9.45 Å². The summed E-state index contributed by atoms with van der Waals surface area (Å²) < 4.78 is 5.07. The van der Waals surface area contributed by atoms with E-state index in [9.17, 15) is 10.1 Å². The first kappa shape index (κ1) is 13.9. The molecule has 2 N–H and O–H groups in total. The average molecular weight is 276 g/mol. The van der Waals surface area contributed by atoms with Gasteiger partial charge in [-0.05, 0) is 26.0 Å². The van der Waals surface area contributed by atoms with Gasteiger partial charge in [-0.2, -0.15) is 0 Å².